The highest BCUT2D eigenvalue weighted by Gasteiger charge is 1.99. The van der Waals surface area contributed by atoms with E-state index in [-0.39, 0.29) is 0 Å². The minimum atomic E-state index is 0.993. The van der Waals surface area contributed by atoms with Crippen LogP contribution in [0.5, 0.6) is 0 Å². The summed E-state index contributed by atoms with van der Waals surface area (Å²) in [6, 6.07) is 4.01. The second-order valence-electron chi connectivity index (χ2n) is 2.59. The fourth-order valence-corrected chi connectivity index (χ4v) is 1.05. The van der Waals surface area contributed by atoms with E-state index in [2.05, 4.69) is 24.6 Å². The van der Waals surface area contributed by atoms with Gasteiger partial charge in [-0.05, 0) is 30.5 Å². The van der Waals surface area contributed by atoms with Gasteiger partial charge < -0.3 is 0 Å². The highest BCUT2D eigenvalue weighted by molar-refractivity contribution is 5.64. The molecule has 1 heterocycles. The summed E-state index contributed by atoms with van der Waals surface area (Å²) in [6.45, 7) is 8.08. The van der Waals surface area contributed by atoms with E-state index in [4.69, 9.17) is 0 Å². The van der Waals surface area contributed by atoms with Gasteiger partial charge in [0.2, 0.25) is 0 Å². The van der Waals surface area contributed by atoms with Crippen molar-refractivity contribution < 1.29 is 0 Å². The van der Waals surface area contributed by atoms with Gasteiger partial charge in [0.1, 0.15) is 0 Å². The van der Waals surface area contributed by atoms with Gasteiger partial charge in [0, 0.05) is 11.9 Å². The SMILES string of the molecule is C=C(CC)c1cccnc1C. The zero-order valence-electron chi connectivity index (χ0n) is 7.09. The number of nitrogens with zero attached hydrogens (tertiary/aromatic N) is 1. The summed E-state index contributed by atoms with van der Waals surface area (Å²) >= 11 is 0. The number of aryl methyl sites for hydroxylation is 1. The van der Waals surface area contributed by atoms with Crippen molar-refractivity contribution in [2.45, 2.75) is 20.3 Å². The van der Waals surface area contributed by atoms with Crippen molar-refractivity contribution in [2.24, 2.45) is 0 Å². The third-order valence-electron chi connectivity index (χ3n) is 1.81. The maximum absolute atomic E-state index is 4.19. The molecule has 0 radical (unpaired) electrons. The van der Waals surface area contributed by atoms with Crippen molar-refractivity contribution in [2.75, 3.05) is 0 Å². The Labute approximate surface area is 67.8 Å². The number of rotatable bonds is 2. The molecule has 58 valence electrons. The maximum atomic E-state index is 4.19. The lowest BCUT2D eigenvalue weighted by Crippen LogP contribution is -1.88. The second-order valence-corrected chi connectivity index (χ2v) is 2.59. The predicted molar refractivity (Wildman–Crippen MR) is 48.3 cm³/mol. The van der Waals surface area contributed by atoms with Gasteiger partial charge in [-0.1, -0.05) is 19.6 Å². The topological polar surface area (TPSA) is 12.9 Å². The van der Waals surface area contributed by atoms with Gasteiger partial charge >= 0.3 is 0 Å². The van der Waals surface area contributed by atoms with Crippen LogP contribution >= 0.6 is 0 Å². The second kappa shape index (κ2) is 3.33. The Morgan fingerprint density at radius 2 is 2.36 bits per heavy atom. The Balaban J connectivity index is 3.03. The quantitative estimate of drug-likeness (QED) is 0.626. The van der Waals surface area contributed by atoms with Gasteiger partial charge in [-0.15, -0.1) is 0 Å². The van der Waals surface area contributed by atoms with Crippen LogP contribution in [0.4, 0.5) is 0 Å². The summed E-state index contributed by atoms with van der Waals surface area (Å²) in [5, 5.41) is 0. The van der Waals surface area contributed by atoms with Crippen molar-refractivity contribution in [3.8, 4) is 0 Å². The molecule has 0 aliphatic rings. The molecule has 1 rings (SSSR count). The number of hydrogen-bond donors (Lipinski definition) is 0. The van der Waals surface area contributed by atoms with Crippen LogP contribution < -0.4 is 0 Å². The first-order valence-corrected chi connectivity index (χ1v) is 3.85. The Hall–Kier alpha value is -1.11. The van der Waals surface area contributed by atoms with E-state index < -0.39 is 0 Å². The first kappa shape index (κ1) is 7.99. The molecule has 0 fully saturated rings. The van der Waals surface area contributed by atoms with Gasteiger partial charge in [-0.2, -0.15) is 0 Å². The van der Waals surface area contributed by atoms with E-state index in [1.807, 2.05) is 19.2 Å². The number of pyridine rings is 1. The molecule has 0 N–H and O–H groups in total. The molecule has 1 aromatic heterocycles. The molecule has 0 saturated carbocycles. The average Bonchev–Trinajstić information content (AvgIpc) is 2.04. The van der Waals surface area contributed by atoms with Crippen molar-refractivity contribution in [3.63, 3.8) is 0 Å². The number of allylic oxidation sites excluding steroid dienone is 1. The molecule has 0 atom stereocenters. The van der Waals surface area contributed by atoms with E-state index in [1.165, 1.54) is 5.56 Å². The Kier molecular flexibility index (Phi) is 2.42. The van der Waals surface area contributed by atoms with Gasteiger partial charge in [0.25, 0.3) is 0 Å². The molecule has 1 nitrogen and oxygen atoms in total. The summed E-state index contributed by atoms with van der Waals surface area (Å²) in [7, 11) is 0. The van der Waals surface area contributed by atoms with E-state index in [1.54, 1.807) is 0 Å². The minimum absolute atomic E-state index is 0.993. The monoisotopic (exact) mass is 147 g/mol. The summed E-state index contributed by atoms with van der Waals surface area (Å²) in [5.41, 5.74) is 3.42. The first-order valence-electron chi connectivity index (χ1n) is 3.85. The lowest BCUT2D eigenvalue weighted by atomic mass is 10.0. The van der Waals surface area contributed by atoms with Crippen molar-refractivity contribution in [1.29, 1.82) is 0 Å². The largest absolute Gasteiger partial charge is 0.261 e. The third kappa shape index (κ3) is 1.67. The Morgan fingerprint density at radius 3 is 2.91 bits per heavy atom. The molecule has 0 aromatic carbocycles. The molecular formula is C10H13N. The van der Waals surface area contributed by atoms with Crippen molar-refractivity contribution in [1.82, 2.24) is 4.98 Å². The lowest BCUT2D eigenvalue weighted by molar-refractivity contribution is 1.15. The molecule has 0 spiro atoms. The van der Waals surface area contributed by atoms with Crippen LogP contribution in [0.2, 0.25) is 0 Å². The van der Waals surface area contributed by atoms with Crippen LogP contribution in [0.3, 0.4) is 0 Å². The fourth-order valence-electron chi connectivity index (χ4n) is 1.05. The molecule has 0 aliphatic heterocycles. The fraction of sp³-hybridized carbons (Fsp3) is 0.300. The van der Waals surface area contributed by atoms with Crippen LogP contribution in [0.25, 0.3) is 5.57 Å². The Bertz CT molecular complexity index is 263. The zero-order valence-corrected chi connectivity index (χ0v) is 7.09. The summed E-state index contributed by atoms with van der Waals surface area (Å²) in [5.74, 6) is 0. The van der Waals surface area contributed by atoms with Crippen LogP contribution in [-0.4, -0.2) is 4.98 Å². The van der Waals surface area contributed by atoms with E-state index in [0.29, 0.717) is 0 Å². The molecule has 0 aliphatic carbocycles. The van der Waals surface area contributed by atoms with E-state index in [9.17, 15) is 0 Å². The molecular weight excluding hydrogens is 134 g/mol. The predicted octanol–water partition coefficient (Wildman–Crippen LogP) is 2.81. The van der Waals surface area contributed by atoms with Gasteiger partial charge in [-0.25, -0.2) is 0 Å². The van der Waals surface area contributed by atoms with Crippen LogP contribution in [0.15, 0.2) is 24.9 Å². The molecule has 1 aromatic rings. The molecule has 1 heteroatoms. The van der Waals surface area contributed by atoms with Crippen LogP contribution in [-0.2, 0) is 0 Å². The normalized spacial score (nSPS) is 9.64. The molecule has 0 unspecified atom stereocenters. The van der Waals surface area contributed by atoms with Crippen LogP contribution in [0, 0.1) is 6.92 Å². The standard InChI is InChI=1S/C10H13N/c1-4-8(2)10-6-5-7-11-9(10)3/h5-7H,2,4H2,1,3H3. The van der Waals surface area contributed by atoms with Gasteiger partial charge in [0.15, 0.2) is 0 Å². The van der Waals surface area contributed by atoms with Gasteiger partial charge in [-0.3, -0.25) is 4.98 Å². The molecule has 11 heavy (non-hydrogen) atoms. The summed E-state index contributed by atoms with van der Waals surface area (Å²) in [6.07, 6.45) is 2.80. The highest BCUT2D eigenvalue weighted by Crippen LogP contribution is 2.17. The number of aromatic nitrogens is 1. The lowest BCUT2D eigenvalue weighted by Gasteiger charge is -2.04. The van der Waals surface area contributed by atoms with Crippen molar-refractivity contribution in [3.05, 3.63) is 36.2 Å². The van der Waals surface area contributed by atoms with E-state index >= 15 is 0 Å². The molecule has 0 bridgehead atoms. The molecule has 0 amide bonds. The Morgan fingerprint density at radius 1 is 1.64 bits per heavy atom. The third-order valence-corrected chi connectivity index (χ3v) is 1.81. The first-order chi connectivity index (χ1) is 5.25. The van der Waals surface area contributed by atoms with Crippen molar-refractivity contribution >= 4 is 5.57 Å². The average molecular weight is 147 g/mol. The number of hydrogen-bond acceptors (Lipinski definition) is 1. The van der Waals surface area contributed by atoms with Gasteiger partial charge in [0.05, 0.1) is 0 Å². The summed E-state index contributed by atoms with van der Waals surface area (Å²) in [4.78, 5) is 4.19. The minimum Gasteiger partial charge on any atom is -0.261 e. The smallest absolute Gasteiger partial charge is 0.0447 e. The van der Waals surface area contributed by atoms with E-state index in [0.717, 1.165) is 17.7 Å². The van der Waals surface area contributed by atoms with Crippen LogP contribution in [0.1, 0.15) is 24.6 Å². The summed E-state index contributed by atoms with van der Waals surface area (Å²) < 4.78 is 0. The maximum Gasteiger partial charge on any atom is 0.0447 e. The molecule has 0 saturated heterocycles. The highest BCUT2D eigenvalue weighted by atomic mass is 14.7. The zero-order chi connectivity index (χ0) is 8.27.